The fourth-order valence-corrected chi connectivity index (χ4v) is 2.30. The molecule has 84 valence electrons. The fourth-order valence-electron chi connectivity index (χ4n) is 2.30. The van der Waals surface area contributed by atoms with Gasteiger partial charge in [0, 0.05) is 12.6 Å². The lowest BCUT2D eigenvalue weighted by molar-refractivity contribution is 0.189. The zero-order chi connectivity index (χ0) is 10.2. The summed E-state index contributed by atoms with van der Waals surface area (Å²) in [7, 11) is 0. The number of nitrogens with two attached hydrogens (primary N) is 1. The van der Waals surface area contributed by atoms with Gasteiger partial charge in [-0.25, -0.2) is 0 Å². The molecule has 1 aliphatic carbocycles. The summed E-state index contributed by atoms with van der Waals surface area (Å²) in [4.78, 5) is 2.44. The van der Waals surface area contributed by atoms with E-state index in [0.29, 0.717) is 12.5 Å². The van der Waals surface area contributed by atoms with Crippen molar-refractivity contribution in [3.63, 3.8) is 0 Å². The Kier molecular flexibility index (Phi) is 6.12. The molecule has 2 nitrogen and oxygen atoms in total. The maximum Gasteiger partial charge on any atom is 0.0906 e. The van der Waals surface area contributed by atoms with E-state index in [1.165, 1.54) is 25.7 Å². The van der Waals surface area contributed by atoms with Crippen LogP contribution in [0.2, 0.25) is 0 Å². The standard InChI is InChI=1S/C11H23FN2/c12-7-3-9-14(10-4-8-13)11-5-1-2-6-11/h11H,1-10,13H2. The van der Waals surface area contributed by atoms with Crippen molar-refractivity contribution in [3.8, 4) is 0 Å². The van der Waals surface area contributed by atoms with Crippen molar-refractivity contribution >= 4 is 0 Å². The van der Waals surface area contributed by atoms with Gasteiger partial charge >= 0.3 is 0 Å². The molecule has 0 aromatic rings. The van der Waals surface area contributed by atoms with Crippen molar-refractivity contribution < 1.29 is 4.39 Å². The van der Waals surface area contributed by atoms with Gasteiger partial charge in [0.15, 0.2) is 0 Å². The molecule has 0 heterocycles. The predicted octanol–water partition coefficient (Wildman–Crippen LogP) is 1.94. The van der Waals surface area contributed by atoms with Crippen molar-refractivity contribution in [2.75, 3.05) is 26.3 Å². The zero-order valence-corrected chi connectivity index (χ0v) is 9.05. The van der Waals surface area contributed by atoms with Crippen LogP contribution in [0, 0.1) is 0 Å². The van der Waals surface area contributed by atoms with Crippen molar-refractivity contribution in [1.29, 1.82) is 0 Å². The molecule has 1 fully saturated rings. The van der Waals surface area contributed by atoms with Crippen LogP contribution in [0.25, 0.3) is 0 Å². The lowest BCUT2D eigenvalue weighted by Gasteiger charge is -2.28. The van der Waals surface area contributed by atoms with Crippen LogP contribution in [-0.2, 0) is 0 Å². The Morgan fingerprint density at radius 2 is 1.79 bits per heavy atom. The van der Waals surface area contributed by atoms with Crippen LogP contribution in [0.15, 0.2) is 0 Å². The molecular formula is C11H23FN2. The summed E-state index contributed by atoms with van der Waals surface area (Å²) in [6.07, 6.45) is 7.02. The minimum absolute atomic E-state index is 0.189. The number of rotatable bonds is 7. The highest BCUT2D eigenvalue weighted by atomic mass is 19.1. The summed E-state index contributed by atoms with van der Waals surface area (Å²) in [6, 6.07) is 0.716. The molecule has 0 aromatic heterocycles. The highest BCUT2D eigenvalue weighted by Gasteiger charge is 2.21. The molecule has 0 atom stereocenters. The second kappa shape index (κ2) is 7.18. The molecule has 0 unspecified atom stereocenters. The van der Waals surface area contributed by atoms with Crippen LogP contribution >= 0.6 is 0 Å². The average molecular weight is 202 g/mol. The van der Waals surface area contributed by atoms with E-state index in [1.807, 2.05) is 0 Å². The van der Waals surface area contributed by atoms with Gasteiger partial charge < -0.3 is 10.6 Å². The molecule has 0 radical (unpaired) electrons. The summed E-state index contributed by atoms with van der Waals surface area (Å²) in [5.74, 6) is 0. The minimum Gasteiger partial charge on any atom is -0.330 e. The fraction of sp³-hybridized carbons (Fsp3) is 1.00. The first-order chi connectivity index (χ1) is 6.88. The van der Waals surface area contributed by atoms with Crippen LogP contribution in [0.4, 0.5) is 4.39 Å². The number of nitrogens with zero attached hydrogens (tertiary/aromatic N) is 1. The molecule has 1 rings (SSSR count). The molecule has 2 N–H and O–H groups in total. The van der Waals surface area contributed by atoms with Gasteiger partial charge in [-0.05, 0) is 38.8 Å². The van der Waals surface area contributed by atoms with Gasteiger partial charge in [0.05, 0.1) is 6.67 Å². The Morgan fingerprint density at radius 3 is 2.36 bits per heavy atom. The number of halogens is 1. The van der Waals surface area contributed by atoms with Crippen molar-refractivity contribution in [2.24, 2.45) is 5.73 Å². The zero-order valence-electron chi connectivity index (χ0n) is 9.05. The number of hydrogen-bond donors (Lipinski definition) is 1. The predicted molar refractivity (Wildman–Crippen MR) is 58.1 cm³/mol. The summed E-state index contributed by atoms with van der Waals surface area (Å²) < 4.78 is 12.1. The third-order valence-corrected chi connectivity index (χ3v) is 3.07. The largest absolute Gasteiger partial charge is 0.330 e. The second-order valence-electron chi connectivity index (χ2n) is 4.16. The van der Waals surface area contributed by atoms with E-state index < -0.39 is 0 Å². The molecule has 0 spiro atoms. The van der Waals surface area contributed by atoms with Gasteiger partial charge in [0.2, 0.25) is 0 Å². The third kappa shape index (κ3) is 3.93. The SMILES string of the molecule is NCCCN(CCCF)C1CCCC1. The molecule has 14 heavy (non-hydrogen) atoms. The highest BCUT2D eigenvalue weighted by molar-refractivity contribution is 4.77. The Balaban J connectivity index is 2.26. The van der Waals surface area contributed by atoms with E-state index in [1.54, 1.807) is 0 Å². The van der Waals surface area contributed by atoms with Gasteiger partial charge in [-0.15, -0.1) is 0 Å². The molecule has 3 heteroatoms. The van der Waals surface area contributed by atoms with E-state index in [4.69, 9.17) is 5.73 Å². The molecule has 0 bridgehead atoms. The first-order valence-corrected chi connectivity index (χ1v) is 5.88. The molecular weight excluding hydrogens is 179 g/mol. The topological polar surface area (TPSA) is 29.3 Å². The maximum absolute atomic E-state index is 12.1. The first kappa shape index (κ1) is 11.9. The number of alkyl halides is 1. The molecule has 0 aromatic carbocycles. The maximum atomic E-state index is 12.1. The van der Waals surface area contributed by atoms with E-state index >= 15 is 0 Å². The first-order valence-electron chi connectivity index (χ1n) is 5.88. The third-order valence-electron chi connectivity index (χ3n) is 3.07. The Morgan fingerprint density at radius 1 is 1.14 bits per heavy atom. The molecule has 0 aliphatic heterocycles. The van der Waals surface area contributed by atoms with E-state index in [2.05, 4.69) is 4.90 Å². The van der Waals surface area contributed by atoms with Crippen LogP contribution < -0.4 is 5.73 Å². The quantitative estimate of drug-likeness (QED) is 0.683. The Labute approximate surface area is 86.6 Å². The van der Waals surface area contributed by atoms with E-state index in [-0.39, 0.29) is 6.67 Å². The lowest BCUT2D eigenvalue weighted by atomic mass is 10.2. The average Bonchev–Trinajstić information content (AvgIpc) is 2.71. The van der Waals surface area contributed by atoms with E-state index in [0.717, 1.165) is 26.1 Å². The summed E-state index contributed by atoms with van der Waals surface area (Å²) in [5.41, 5.74) is 5.50. The van der Waals surface area contributed by atoms with Gasteiger partial charge in [0.1, 0.15) is 0 Å². The normalized spacial score (nSPS) is 18.2. The summed E-state index contributed by atoms with van der Waals surface area (Å²) in [5, 5.41) is 0. The van der Waals surface area contributed by atoms with Crippen molar-refractivity contribution in [3.05, 3.63) is 0 Å². The van der Waals surface area contributed by atoms with Crippen LogP contribution in [-0.4, -0.2) is 37.3 Å². The summed E-state index contributed by atoms with van der Waals surface area (Å²) >= 11 is 0. The van der Waals surface area contributed by atoms with Gasteiger partial charge in [-0.3, -0.25) is 4.39 Å². The Bertz CT molecular complexity index is 127. The number of hydrogen-bond acceptors (Lipinski definition) is 2. The summed E-state index contributed by atoms with van der Waals surface area (Å²) in [6.45, 7) is 2.53. The molecule has 1 saturated carbocycles. The van der Waals surface area contributed by atoms with Gasteiger partial charge in [-0.1, -0.05) is 12.8 Å². The Hall–Kier alpha value is -0.150. The van der Waals surface area contributed by atoms with Crippen molar-refractivity contribution in [1.82, 2.24) is 4.90 Å². The van der Waals surface area contributed by atoms with Crippen LogP contribution in [0.3, 0.4) is 0 Å². The van der Waals surface area contributed by atoms with E-state index in [9.17, 15) is 4.39 Å². The molecule has 1 aliphatic rings. The monoisotopic (exact) mass is 202 g/mol. The second-order valence-corrected chi connectivity index (χ2v) is 4.16. The minimum atomic E-state index is -0.189. The molecule has 0 amide bonds. The van der Waals surface area contributed by atoms with Gasteiger partial charge in [0.25, 0.3) is 0 Å². The lowest BCUT2D eigenvalue weighted by Crippen LogP contribution is -2.36. The smallest absolute Gasteiger partial charge is 0.0906 e. The van der Waals surface area contributed by atoms with Crippen LogP contribution in [0.1, 0.15) is 38.5 Å². The molecule has 0 saturated heterocycles. The van der Waals surface area contributed by atoms with Crippen molar-refractivity contribution in [2.45, 2.75) is 44.6 Å². The highest BCUT2D eigenvalue weighted by Crippen LogP contribution is 2.23. The van der Waals surface area contributed by atoms with Crippen LogP contribution in [0.5, 0.6) is 0 Å². The van der Waals surface area contributed by atoms with Gasteiger partial charge in [-0.2, -0.15) is 0 Å².